The van der Waals surface area contributed by atoms with E-state index in [0.29, 0.717) is 29.3 Å². The van der Waals surface area contributed by atoms with Crippen molar-refractivity contribution >= 4 is 22.5 Å². The standard InChI is InChI=1S/C18H17FN2O2/c1-3-23-17-7-5-4-6-14(17)20-18(22)16-10-12-8-9-13(19)11-15(12)21(16)2/h4-11H,3H2,1-2H3,(H,20,22). The summed E-state index contributed by atoms with van der Waals surface area (Å²) < 4.78 is 20.6. The molecule has 1 aromatic heterocycles. The molecule has 5 heteroatoms. The van der Waals surface area contributed by atoms with Crippen LogP contribution in [0.4, 0.5) is 10.1 Å². The number of hydrogen-bond acceptors (Lipinski definition) is 2. The second kappa shape index (κ2) is 6.12. The molecule has 0 fully saturated rings. The molecule has 0 aliphatic rings. The number of anilines is 1. The van der Waals surface area contributed by atoms with Crippen LogP contribution in [-0.4, -0.2) is 17.1 Å². The molecule has 1 N–H and O–H groups in total. The molecule has 1 heterocycles. The predicted octanol–water partition coefficient (Wildman–Crippen LogP) is 3.97. The molecule has 0 saturated carbocycles. The van der Waals surface area contributed by atoms with Gasteiger partial charge in [0.2, 0.25) is 0 Å². The van der Waals surface area contributed by atoms with E-state index >= 15 is 0 Å². The average molecular weight is 312 g/mol. The third kappa shape index (κ3) is 2.90. The molecule has 0 aliphatic carbocycles. The number of halogens is 1. The Morgan fingerprint density at radius 2 is 2.00 bits per heavy atom. The highest BCUT2D eigenvalue weighted by molar-refractivity contribution is 6.07. The summed E-state index contributed by atoms with van der Waals surface area (Å²) in [5.74, 6) is 0.0248. The van der Waals surface area contributed by atoms with Gasteiger partial charge in [-0.25, -0.2) is 4.39 Å². The van der Waals surface area contributed by atoms with Crippen LogP contribution in [0.25, 0.3) is 10.9 Å². The zero-order valence-electron chi connectivity index (χ0n) is 13.0. The summed E-state index contributed by atoms with van der Waals surface area (Å²) in [5.41, 5.74) is 1.74. The van der Waals surface area contributed by atoms with E-state index < -0.39 is 0 Å². The van der Waals surface area contributed by atoms with Gasteiger partial charge in [-0.3, -0.25) is 4.79 Å². The molecule has 0 aliphatic heterocycles. The molecule has 3 rings (SSSR count). The fraction of sp³-hybridized carbons (Fsp3) is 0.167. The zero-order chi connectivity index (χ0) is 16.4. The Morgan fingerprint density at radius 1 is 1.22 bits per heavy atom. The van der Waals surface area contributed by atoms with Crippen molar-refractivity contribution in [3.05, 3.63) is 60.0 Å². The number of nitrogens with one attached hydrogen (secondary N) is 1. The van der Waals surface area contributed by atoms with E-state index in [9.17, 15) is 9.18 Å². The average Bonchev–Trinajstić information content (AvgIpc) is 2.86. The first kappa shape index (κ1) is 15.1. The number of nitrogens with zero attached hydrogens (tertiary/aromatic N) is 1. The van der Waals surface area contributed by atoms with Crippen molar-refractivity contribution in [2.45, 2.75) is 6.92 Å². The van der Waals surface area contributed by atoms with E-state index in [1.165, 1.54) is 12.1 Å². The van der Waals surface area contributed by atoms with Gasteiger partial charge in [0.05, 0.1) is 17.8 Å². The summed E-state index contributed by atoms with van der Waals surface area (Å²) in [6.07, 6.45) is 0. The number of hydrogen-bond donors (Lipinski definition) is 1. The lowest BCUT2D eigenvalue weighted by Crippen LogP contribution is -2.16. The second-order valence-corrected chi connectivity index (χ2v) is 5.18. The highest BCUT2D eigenvalue weighted by Crippen LogP contribution is 2.25. The number of fused-ring (bicyclic) bond motifs is 1. The first-order valence-corrected chi connectivity index (χ1v) is 7.38. The van der Waals surface area contributed by atoms with Crippen molar-refractivity contribution in [2.24, 2.45) is 7.05 Å². The molecule has 118 valence electrons. The maximum atomic E-state index is 13.4. The van der Waals surface area contributed by atoms with Crippen molar-refractivity contribution in [1.29, 1.82) is 0 Å². The van der Waals surface area contributed by atoms with Crippen molar-refractivity contribution in [1.82, 2.24) is 4.57 Å². The van der Waals surface area contributed by atoms with Crippen LogP contribution in [-0.2, 0) is 7.05 Å². The highest BCUT2D eigenvalue weighted by Gasteiger charge is 2.15. The smallest absolute Gasteiger partial charge is 0.272 e. The van der Waals surface area contributed by atoms with Crippen molar-refractivity contribution in [2.75, 3.05) is 11.9 Å². The molecule has 1 amide bonds. The largest absolute Gasteiger partial charge is 0.492 e. The van der Waals surface area contributed by atoms with Gasteiger partial charge in [-0.2, -0.15) is 0 Å². The van der Waals surface area contributed by atoms with Gasteiger partial charge in [-0.15, -0.1) is 0 Å². The van der Waals surface area contributed by atoms with Gasteiger partial charge in [-0.05, 0) is 43.3 Å². The molecule has 0 saturated heterocycles. The minimum atomic E-state index is -0.327. The number of rotatable bonds is 4. The van der Waals surface area contributed by atoms with Crippen LogP contribution in [0.5, 0.6) is 5.75 Å². The number of ether oxygens (including phenoxy) is 1. The summed E-state index contributed by atoms with van der Waals surface area (Å²) >= 11 is 0. The summed E-state index contributed by atoms with van der Waals surface area (Å²) in [5, 5.41) is 3.67. The molecule has 4 nitrogen and oxygen atoms in total. The normalized spacial score (nSPS) is 10.7. The minimum Gasteiger partial charge on any atom is -0.492 e. The van der Waals surface area contributed by atoms with E-state index in [1.54, 1.807) is 35.9 Å². The van der Waals surface area contributed by atoms with Gasteiger partial charge in [0.25, 0.3) is 5.91 Å². The van der Waals surface area contributed by atoms with Crippen LogP contribution < -0.4 is 10.1 Å². The van der Waals surface area contributed by atoms with Crippen molar-refractivity contribution < 1.29 is 13.9 Å². The Hall–Kier alpha value is -2.82. The van der Waals surface area contributed by atoms with Crippen LogP contribution in [0, 0.1) is 5.82 Å². The van der Waals surface area contributed by atoms with Crippen LogP contribution in [0.1, 0.15) is 17.4 Å². The van der Waals surface area contributed by atoms with E-state index in [4.69, 9.17) is 4.74 Å². The summed E-state index contributed by atoms with van der Waals surface area (Å²) in [4.78, 5) is 12.6. The first-order chi connectivity index (χ1) is 11.1. The number of benzene rings is 2. The summed E-state index contributed by atoms with van der Waals surface area (Å²) in [6, 6.07) is 13.5. The summed E-state index contributed by atoms with van der Waals surface area (Å²) in [6.45, 7) is 2.40. The quantitative estimate of drug-likeness (QED) is 0.792. The molecule has 0 unspecified atom stereocenters. The SMILES string of the molecule is CCOc1ccccc1NC(=O)c1cc2ccc(F)cc2n1C. The number of carbonyl (C=O) groups is 1. The number of amides is 1. The Kier molecular flexibility index (Phi) is 4.02. The van der Waals surface area contributed by atoms with Gasteiger partial charge in [0, 0.05) is 12.4 Å². The van der Waals surface area contributed by atoms with E-state index in [1.807, 2.05) is 19.1 Å². The van der Waals surface area contributed by atoms with Gasteiger partial charge in [0.1, 0.15) is 17.3 Å². The van der Waals surface area contributed by atoms with Crippen molar-refractivity contribution in [3.8, 4) is 5.75 Å². The van der Waals surface area contributed by atoms with Crippen LogP contribution in [0.3, 0.4) is 0 Å². The van der Waals surface area contributed by atoms with E-state index in [0.717, 1.165) is 5.39 Å². The van der Waals surface area contributed by atoms with E-state index in [-0.39, 0.29) is 11.7 Å². The third-order valence-corrected chi connectivity index (χ3v) is 3.68. The van der Waals surface area contributed by atoms with Gasteiger partial charge < -0.3 is 14.6 Å². The number of aryl methyl sites for hydroxylation is 1. The molecule has 3 aromatic rings. The second-order valence-electron chi connectivity index (χ2n) is 5.18. The fourth-order valence-electron chi connectivity index (χ4n) is 2.56. The van der Waals surface area contributed by atoms with Crippen LogP contribution >= 0.6 is 0 Å². The Balaban J connectivity index is 1.94. The monoisotopic (exact) mass is 312 g/mol. The first-order valence-electron chi connectivity index (χ1n) is 7.38. The van der Waals surface area contributed by atoms with E-state index in [2.05, 4.69) is 5.32 Å². The molecule has 0 spiro atoms. The molecule has 23 heavy (non-hydrogen) atoms. The lowest BCUT2D eigenvalue weighted by atomic mass is 10.2. The molecule has 0 bridgehead atoms. The third-order valence-electron chi connectivity index (χ3n) is 3.68. The number of aromatic nitrogens is 1. The lowest BCUT2D eigenvalue weighted by molar-refractivity contribution is 0.101. The number of carbonyl (C=O) groups excluding carboxylic acids is 1. The topological polar surface area (TPSA) is 43.3 Å². The Morgan fingerprint density at radius 3 is 2.78 bits per heavy atom. The lowest BCUT2D eigenvalue weighted by Gasteiger charge is -2.11. The highest BCUT2D eigenvalue weighted by atomic mass is 19.1. The minimum absolute atomic E-state index is 0.267. The van der Waals surface area contributed by atoms with Crippen molar-refractivity contribution in [3.63, 3.8) is 0 Å². The van der Waals surface area contributed by atoms with Gasteiger partial charge in [0.15, 0.2) is 0 Å². The predicted molar refractivity (Wildman–Crippen MR) is 88.4 cm³/mol. The molecular weight excluding hydrogens is 295 g/mol. The Bertz CT molecular complexity index is 871. The van der Waals surface area contributed by atoms with Crippen LogP contribution in [0.15, 0.2) is 48.5 Å². The molecule has 0 atom stereocenters. The summed E-state index contributed by atoms with van der Waals surface area (Å²) in [7, 11) is 1.74. The number of para-hydroxylation sites is 2. The van der Waals surface area contributed by atoms with Crippen LogP contribution in [0.2, 0.25) is 0 Å². The Labute approximate surface area is 133 Å². The molecule has 0 radical (unpaired) electrons. The van der Waals surface area contributed by atoms with Gasteiger partial charge >= 0.3 is 0 Å². The molecule has 2 aromatic carbocycles. The van der Waals surface area contributed by atoms with Gasteiger partial charge in [-0.1, -0.05) is 12.1 Å². The maximum absolute atomic E-state index is 13.4. The molecular formula is C18H17FN2O2. The maximum Gasteiger partial charge on any atom is 0.272 e. The zero-order valence-corrected chi connectivity index (χ0v) is 13.0. The fourth-order valence-corrected chi connectivity index (χ4v) is 2.56.